The van der Waals surface area contributed by atoms with Crippen molar-refractivity contribution in [2.45, 2.75) is 45.1 Å². The van der Waals surface area contributed by atoms with Crippen molar-refractivity contribution in [1.82, 2.24) is 9.47 Å². The van der Waals surface area contributed by atoms with E-state index in [0.717, 1.165) is 66.9 Å². The molecule has 0 aliphatic carbocycles. The Bertz CT molecular complexity index is 1540. The van der Waals surface area contributed by atoms with Crippen molar-refractivity contribution in [2.75, 3.05) is 25.0 Å². The van der Waals surface area contributed by atoms with E-state index in [0.29, 0.717) is 0 Å². The molecule has 1 aliphatic rings. The minimum atomic E-state index is -0.0805. The summed E-state index contributed by atoms with van der Waals surface area (Å²) in [6.45, 7) is 6.16. The zero-order valence-electron chi connectivity index (χ0n) is 23.9. The van der Waals surface area contributed by atoms with Gasteiger partial charge in [-0.3, -0.25) is 4.79 Å². The summed E-state index contributed by atoms with van der Waals surface area (Å²) in [4.78, 5) is 17.0. The normalized spacial score (nSPS) is 13.7. The first-order valence-electron chi connectivity index (χ1n) is 15.1. The highest BCUT2D eigenvalue weighted by Gasteiger charge is 2.30. The number of rotatable bonds is 10. The smallest absolute Gasteiger partial charge is 0.272 e. The van der Waals surface area contributed by atoms with Crippen molar-refractivity contribution in [2.24, 2.45) is 0 Å². The summed E-state index contributed by atoms with van der Waals surface area (Å²) in [5.74, 6) is -0.138. The van der Waals surface area contributed by atoms with Crippen LogP contribution in [-0.2, 0) is 13.0 Å². The van der Waals surface area contributed by atoms with E-state index in [4.69, 9.17) is 0 Å². The quantitative estimate of drug-likeness (QED) is 0.194. The summed E-state index contributed by atoms with van der Waals surface area (Å²) < 4.78 is 2.28. The van der Waals surface area contributed by atoms with Gasteiger partial charge in [0.25, 0.3) is 5.91 Å². The van der Waals surface area contributed by atoms with E-state index in [1.807, 2.05) is 12.1 Å². The van der Waals surface area contributed by atoms with Crippen molar-refractivity contribution in [3.8, 4) is 0 Å². The molecule has 0 radical (unpaired) electrons. The second-order valence-electron chi connectivity index (χ2n) is 11.1. The molecular formula is C37H39N3O. The van der Waals surface area contributed by atoms with E-state index in [1.54, 1.807) is 0 Å². The molecule has 4 nitrogen and oxygen atoms in total. The van der Waals surface area contributed by atoms with Crippen molar-refractivity contribution in [3.05, 3.63) is 137 Å². The highest BCUT2D eigenvalue weighted by atomic mass is 16.2. The maximum absolute atomic E-state index is 14.5. The molecule has 1 aliphatic heterocycles. The van der Waals surface area contributed by atoms with Crippen LogP contribution in [0, 0.1) is 0 Å². The zero-order valence-corrected chi connectivity index (χ0v) is 23.9. The summed E-state index contributed by atoms with van der Waals surface area (Å²) >= 11 is 0. The number of aryl methyl sites for hydroxylation is 1. The highest BCUT2D eigenvalue weighted by Crippen LogP contribution is 2.40. The minimum Gasteiger partial charge on any atom is -0.335 e. The molecule has 2 heterocycles. The number of para-hydroxylation sites is 1. The fraction of sp³-hybridized carbons (Fsp3) is 0.270. The number of nitrogens with zero attached hydrogens (tertiary/aromatic N) is 2. The van der Waals surface area contributed by atoms with Gasteiger partial charge >= 0.3 is 0 Å². The largest absolute Gasteiger partial charge is 0.335 e. The zero-order chi connectivity index (χ0) is 28.0. The molecule has 1 N–H and O–H groups in total. The van der Waals surface area contributed by atoms with E-state index >= 15 is 0 Å². The Morgan fingerprint density at radius 2 is 1.37 bits per heavy atom. The number of benzene rings is 4. The Kier molecular flexibility index (Phi) is 8.29. The lowest BCUT2D eigenvalue weighted by Gasteiger charge is -2.22. The average molecular weight is 542 g/mol. The fourth-order valence-corrected chi connectivity index (χ4v) is 6.40. The van der Waals surface area contributed by atoms with Gasteiger partial charge in [-0.1, -0.05) is 104 Å². The number of anilines is 1. The van der Waals surface area contributed by atoms with Crippen LogP contribution < -0.4 is 5.32 Å². The Morgan fingerprint density at radius 3 is 2.00 bits per heavy atom. The van der Waals surface area contributed by atoms with Crippen LogP contribution >= 0.6 is 0 Å². The predicted molar refractivity (Wildman–Crippen MR) is 170 cm³/mol. The topological polar surface area (TPSA) is 37.3 Å². The molecule has 4 aromatic carbocycles. The number of carbonyl (C=O) groups is 1. The maximum atomic E-state index is 14.5. The molecule has 1 fully saturated rings. The van der Waals surface area contributed by atoms with Crippen LogP contribution in [0.2, 0.25) is 0 Å². The molecular weight excluding hydrogens is 502 g/mol. The van der Waals surface area contributed by atoms with Crippen molar-refractivity contribution < 1.29 is 4.79 Å². The van der Waals surface area contributed by atoms with Crippen LogP contribution in [0.25, 0.3) is 10.9 Å². The van der Waals surface area contributed by atoms with Crippen LogP contribution in [-0.4, -0.2) is 35.0 Å². The fourth-order valence-electron chi connectivity index (χ4n) is 6.40. The molecule has 0 saturated carbocycles. The van der Waals surface area contributed by atoms with Gasteiger partial charge in [-0.2, -0.15) is 0 Å². The monoisotopic (exact) mass is 541 g/mol. The lowest BCUT2D eigenvalue weighted by Crippen LogP contribution is -2.27. The van der Waals surface area contributed by atoms with Crippen molar-refractivity contribution >= 4 is 22.5 Å². The highest BCUT2D eigenvalue weighted by molar-refractivity contribution is 6.09. The molecule has 0 spiro atoms. The van der Waals surface area contributed by atoms with Crippen LogP contribution in [0.15, 0.2) is 109 Å². The third-order valence-electron chi connectivity index (χ3n) is 8.37. The maximum Gasteiger partial charge on any atom is 0.272 e. The third-order valence-corrected chi connectivity index (χ3v) is 8.37. The minimum absolute atomic E-state index is 0.0577. The molecule has 41 heavy (non-hydrogen) atoms. The number of hydrogen-bond acceptors (Lipinski definition) is 2. The summed E-state index contributed by atoms with van der Waals surface area (Å²) in [6.07, 6.45) is 4.65. The molecule has 208 valence electrons. The Morgan fingerprint density at radius 1 is 0.756 bits per heavy atom. The van der Waals surface area contributed by atoms with Gasteiger partial charge in [-0.15, -0.1) is 0 Å². The first-order valence-corrected chi connectivity index (χ1v) is 15.1. The van der Waals surface area contributed by atoms with E-state index < -0.39 is 0 Å². The SMILES string of the molecule is CCCc1ccc(NC(=O)c2c(C(c3ccccc3)c3ccccc3)c3ccccc3n2CCN2CCCC2)cc1. The first kappa shape index (κ1) is 27.0. The van der Waals surface area contributed by atoms with Gasteiger partial charge in [0.05, 0.1) is 0 Å². The van der Waals surface area contributed by atoms with Crippen molar-refractivity contribution in [3.63, 3.8) is 0 Å². The van der Waals surface area contributed by atoms with Gasteiger partial charge in [0.2, 0.25) is 0 Å². The van der Waals surface area contributed by atoms with Crippen LogP contribution in [0.4, 0.5) is 5.69 Å². The molecule has 0 atom stereocenters. The van der Waals surface area contributed by atoms with Crippen LogP contribution in [0.1, 0.15) is 64.8 Å². The molecule has 4 heteroatoms. The van der Waals surface area contributed by atoms with Crippen LogP contribution in [0.5, 0.6) is 0 Å². The molecule has 0 bridgehead atoms. The lowest BCUT2D eigenvalue weighted by atomic mass is 9.83. The molecule has 1 aromatic heterocycles. The number of hydrogen-bond donors (Lipinski definition) is 1. The Balaban J connectivity index is 1.51. The number of amides is 1. The summed E-state index contributed by atoms with van der Waals surface area (Å²) in [7, 11) is 0. The van der Waals surface area contributed by atoms with Gasteiger partial charge in [0.1, 0.15) is 5.69 Å². The van der Waals surface area contributed by atoms with Crippen LogP contribution in [0.3, 0.4) is 0 Å². The van der Waals surface area contributed by atoms with E-state index in [2.05, 4.69) is 119 Å². The number of carbonyl (C=O) groups excluding carboxylic acids is 1. The second-order valence-corrected chi connectivity index (χ2v) is 11.1. The summed E-state index contributed by atoms with van der Waals surface area (Å²) in [5.41, 5.74) is 7.41. The number of nitrogens with one attached hydrogen (secondary N) is 1. The second kappa shape index (κ2) is 12.6. The molecule has 1 saturated heterocycles. The number of aromatic nitrogens is 1. The Labute approximate surface area is 243 Å². The first-order chi connectivity index (χ1) is 20.2. The van der Waals surface area contributed by atoms with E-state index in [9.17, 15) is 4.79 Å². The molecule has 5 aromatic rings. The molecule has 0 unspecified atom stereocenters. The summed E-state index contributed by atoms with van der Waals surface area (Å²) in [6, 6.07) is 38.1. The van der Waals surface area contributed by atoms with E-state index in [1.165, 1.54) is 29.5 Å². The van der Waals surface area contributed by atoms with E-state index in [-0.39, 0.29) is 11.8 Å². The molecule has 1 amide bonds. The van der Waals surface area contributed by atoms with Gasteiger partial charge in [-0.05, 0) is 67.2 Å². The number of fused-ring (bicyclic) bond motifs is 1. The number of likely N-dealkylation sites (tertiary alicyclic amines) is 1. The van der Waals surface area contributed by atoms with Gasteiger partial charge in [-0.25, -0.2) is 0 Å². The Hall–Kier alpha value is -4.15. The van der Waals surface area contributed by atoms with Gasteiger partial charge < -0.3 is 14.8 Å². The standard InChI is InChI=1S/C37H39N3O/c1-2-13-28-20-22-31(23-21-28)38-37(41)36-35(34(29-14-5-3-6-15-29)30-16-7-4-8-17-30)32-18-9-10-19-33(32)40(36)27-26-39-24-11-12-25-39/h3-10,14-23,34H,2,11-13,24-27H2,1H3,(H,38,41). The molecule has 6 rings (SSSR count). The third kappa shape index (κ3) is 5.84. The predicted octanol–water partition coefficient (Wildman–Crippen LogP) is 8.12. The summed E-state index contributed by atoms with van der Waals surface area (Å²) in [5, 5.41) is 4.42. The van der Waals surface area contributed by atoms with Gasteiger partial charge in [0.15, 0.2) is 0 Å². The van der Waals surface area contributed by atoms with Gasteiger partial charge in [0, 0.05) is 41.2 Å². The lowest BCUT2D eigenvalue weighted by molar-refractivity contribution is 0.101. The average Bonchev–Trinajstić information content (AvgIpc) is 3.65. The van der Waals surface area contributed by atoms with Crippen molar-refractivity contribution in [1.29, 1.82) is 0 Å².